The molecule has 2 aromatic rings. The molecule has 88 valence electrons. The maximum absolute atomic E-state index is 6.24. The molecule has 0 unspecified atom stereocenters. The van der Waals surface area contributed by atoms with E-state index in [-0.39, 0.29) is 5.28 Å². The van der Waals surface area contributed by atoms with Crippen molar-refractivity contribution in [2.75, 3.05) is 18.0 Å². The van der Waals surface area contributed by atoms with Gasteiger partial charge in [-0.1, -0.05) is 17.7 Å². The second kappa shape index (κ2) is 4.31. The van der Waals surface area contributed by atoms with Crippen LogP contribution in [0.15, 0.2) is 18.2 Å². The maximum Gasteiger partial charge on any atom is 0.224 e. The van der Waals surface area contributed by atoms with Crippen molar-refractivity contribution in [1.82, 2.24) is 9.97 Å². The van der Waals surface area contributed by atoms with Gasteiger partial charge in [0.2, 0.25) is 5.28 Å². The number of halogens is 2. The van der Waals surface area contributed by atoms with E-state index in [0.29, 0.717) is 5.02 Å². The highest BCUT2D eigenvalue weighted by molar-refractivity contribution is 6.36. The van der Waals surface area contributed by atoms with Crippen LogP contribution < -0.4 is 4.90 Å². The average molecular weight is 268 g/mol. The fourth-order valence-electron chi connectivity index (χ4n) is 2.25. The Kier molecular flexibility index (Phi) is 2.81. The van der Waals surface area contributed by atoms with Crippen molar-refractivity contribution < 1.29 is 0 Å². The first kappa shape index (κ1) is 11.1. The largest absolute Gasteiger partial charge is 0.356 e. The standard InChI is InChI=1S/C12H11Cl2N3/c13-8-4-3-5-9-10(8)11(16-12(14)15-9)17-6-1-2-7-17/h3-5H,1-2,6-7H2. The van der Waals surface area contributed by atoms with Gasteiger partial charge >= 0.3 is 0 Å². The molecular weight excluding hydrogens is 257 g/mol. The lowest BCUT2D eigenvalue weighted by atomic mass is 10.2. The molecule has 1 fully saturated rings. The van der Waals surface area contributed by atoms with Crippen molar-refractivity contribution >= 4 is 39.9 Å². The minimum atomic E-state index is 0.279. The molecule has 0 N–H and O–H groups in total. The first-order valence-corrected chi connectivity index (χ1v) is 6.38. The molecule has 1 aliphatic heterocycles. The zero-order valence-electron chi connectivity index (χ0n) is 9.16. The minimum Gasteiger partial charge on any atom is -0.356 e. The van der Waals surface area contributed by atoms with Crippen LogP contribution in [0.25, 0.3) is 10.9 Å². The van der Waals surface area contributed by atoms with Gasteiger partial charge in [0.25, 0.3) is 0 Å². The predicted octanol–water partition coefficient (Wildman–Crippen LogP) is 3.54. The van der Waals surface area contributed by atoms with E-state index in [9.17, 15) is 0 Å². The quantitative estimate of drug-likeness (QED) is 0.741. The first-order valence-electron chi connectivity index (χ1n) is 5.62. The van der Waals surface area contributed by atoms with Gasteiger partial charge in [0.15, 0.2) is 0 Å². The van der Waals surface area contributed by atoms with Crippen LogP contribution in [0.3, 0.4) is 0 Å². The van der Waals surface area contributed by atoms with Crippen LogP contribution >= 0.6 is 23.2 Å². The van der Waals surface area contributed by atoms with Crippen LogP contribution in [0.1, 0.15) is 12.8 Å². The van der Waals surface area contributed by atoms with Crippen molar-refractivity contribution in [3.63, 3.8) is 0 Å². The van der Waals surface area contributed by atoms with Gasteiger partial charge in [0.05, 0.1) is 15.9 Å². The summed E-state index contributed by atoms with van der Waals surface area (Å²) in [5.41, 5.74) is 0.805. The maximum atomic E-state index is 6.24. The molecule has 0 atom stereocenters. The highest BCUT2D eigenvalue weighted by Crippen LogP contribution is 2.32. The molecule has 0 amide bonds. The van der Waals surface area contributed by atoms with Crippen molar-refractivity contribution in [1.29, 1.82) is 0 Å². The van der Waals surface area contributed by atoms with E-state index in [4.69, 9.17) is 23.2 Å². The van der Waals surface area contributed by atoms with Gasteiger partial charge in [-0.25, -0.2) is 4.98 Å². The molecule has 3 rings (SSSR count). The summed E-state index contributed by atoms with van der Waals surface area (Å²) in [6.45, 7) is 2.02. The molecule has 2 heterocycles. The monoisotopic (exact) mass is 267 g/mol. The van der Waals surface area contributed by atoms with E-state index in [0.717, 1.165) is 29.8 Å². The molecule has 1 aromatic carbocycles. The Bertz CT molecular complexity index is 565. The van der Waals surface area contributed by atoms with Gasteiger partial charge in [-0.05, 0) is 36.6 Å². The van der Waals surface area contributed by atoms with Gasteiger partial charge in [-0.15, -0.1) is 0 Å². The van der Waals surface area contributed by atoms with E-state index in [1.807, 2.05) is 18.2 Å². The van der Waals surface area contributed by atoms with Gasteiger partial charge in [-0.2, -0.15) is 4.98 Å². The molecule has 5 heteroatoms. The van der Waals surface area contributed by atoms with E-state index in [1.54, 1.807) is 0 Å². The molecule has 0 spiro atoms. The average Bonchev–Trinajstić information content (AvgIpc) is 2.81. The predicted molar refractivity (Wildman–Crippen MR) is 71.0 cm³/mol. The number of fused-ring (bicyclic) bond motifs is 1. The number of hydrogen-bond donors (Lipinski definition) is 0. The Morgan fingerprint density at radius 3 is 2.59 bits per heavy atom. The van der Waals surface area contributed by atoms with Crippen molar-refractivity contribution in [3.8, 4) is 0 Å². The van der Waals surface area contributed by atoms with Gasteiger partial charge in [0, 0.05) is 13.1 Å². The molecule has 3 nitrogen and oxygen atoms in total. The SMILES string of the molecule is Clc1nc(N2CCCC2)c2c(Cl)cccc2n1. The van der Waals surface area contributed by atoms with E-state index in [1.165, 1.54) is 12.8 Å². The topological polar surface area (TPSA) is 29.0 Å². The van der Waals surface area contributed by atoms with Crippen LogP contribution in [0.2, 0.25) is 10.3 Å². The molecule has 0 radical (unpaired) electrons. The third-order valence-electron chi connectivity index (χ3n) is 3.03. The Morgan fingerprint density at radius 2 is 1.82 bits per heavy atom. The highest BCUT2D eigenvalue weighted by atomic mass is 35.5. The van der Waals surface area contributed by atoms with Crippen LogP contribution in [-0.4, -0.2) is 23.1 Å². The first-order chi connectivity index (χ1) is 8.25. The zero-order chi connectivity index (χ0) is 11.8. The lowest BCUT2D eigenvalue weighted by Crippen LogP contribution is -2.19. The molecule has 1 aliphatic rings. The Balaban J connectivity index is 2.27. The van der Waals surface area contributed by atoms with Gasteiger partial charge < -0.3 is 4.90 Å². The number of aromatic nitrogens is 2. The fourth-order valence-corrected chi connectivity index (χ4v) is 2.68. The van der Waals surface area contributed by atoms with Gasteiger partial charge in [0.1, 0.15) is 5.82 Å². The molecular formula is C12H11Cl2N3. The summed E-state index contributed by atoms with van der Waals surface area (Å²) in [4.78, 5) is 10.8. The Morgan fingerprint density at radius 1 is 1.06 bits per heavy atom. The van der Waals surface area contributed by atoms with Crippen molar-refractivity contribution in [3.05, 3.63) is 28.5 Å². The lowest BCUT2D eigenvalue weighted by molar-refractivity contribution is 0.939. The molecule has 17 heavy (non-hydrogen) atoms. The summed E-state index contributed by atoms with van der Waals surface area (Å²) in [7, 11) is 0. The number of anilines is 1. The molecule has 0 aliphatic carbocycles. The van der Waals surface area contributed by atoms with E-state index >= 15 is 0 Å². The summed E-state index contributed by atoms with van der Waals surface area (Å²) >= 11 is 12.2. The second-order valence-corrected chi connectivity index (χ2v) is 4.89. The smallest absolute Gasteiger partial charge is 0.224 e. The number of hydrogen-bond acceptors (Lipinski definition) is 3. The van der Waals surface area contributed by atoms with Gasteiger partial charge in [-0.3, -0.25) is 0 Å². The molecule has 1 aromatic heterocycles. The second-order valence-electron chi connectivity index (χ2n) is 4.14. The summed E-state index contributed by atoms with van der Waals surface area (Å²) in [6, 6.07) is 5.65. The van der Waals surface area contributed by atoms with E-state index in [2.05, 4.69) is 14.9 Å². The third kappa shape index (κ3) is 1.94. The number of benzene rings is 1. The summed E-state index contributed by atoms with van der Waals surface area (Å²) in [5.74, 6) is 0.864. The van der Waals surface area contributed by atoms with E-state index < -0.39 is 0 Å². The van der Waals surface area contributed by atoms with Crippen molar-refractivity contribution in [2.24, 2.45) is 0 Å². The Labute approximate surface area is 109 Å². The Hall–Kier alpha value is -1.06. The van der Waals surface area contributed by atoms with Crippen LogP contribution in [0.5, 0.6) is 0 Å². The minimum absolute atomic E-state index is 0.279. The summed E-state index contributed by atoms with van der Waals surface area (Å²) < 4.78 is 0. The number of nitrogens with zero attached hydrogens (tertiary/aromatic N) is 3. The van der Waals surface area contributed by atoms with Crippen LogP contribution in [0.4, 0.5) is 5.82 Å². The summed E-state index contributed by atoms with van der Waals surface area (Å²) in [6.07, 6.45) is 2.38. The number of rotatable bonds is 1. The van der Waals surface area contributed by atoms with Crippen LogP contribution in [-0.2, 0) is 0 Å². The molecule has 0 saturated carbocycles. The van der Waals surface area contributed by atoms with Crippen molar-refractivity contribution in [2.45, 2.75) is 12.8 Å². The normalized spacial score (nSPS) is 15.8. The lowest BCUT2D eigenvalue weighted by Gasteiger charge is -2.18. The zero-order valence-corrected chi connectivity index (χ0v) is 10.7. The fraction of sp³-hybridized carbons (Fsp3) is 0.333. The highest BCUT2D eigenvalue weighted by Gasteiger charge is 2.19. The summed E-state index contributed by atoms with van der Waals surface area (Å²) in [5, 5.41) is 1.86. The third-order valence-corrected chi connectivity index (χ3v) is 3.52. The molecule has 1 saturated heterocycles. The molecule has 0 bridgehead atoms. The van der Waals surface area contributed by atoms with Crippen LogP contribution in [0, 0.1) is 0 Å².